The molecule has 0 amide bonds. The van der Waals surface area contributed by atoms with Gasteiger partial charge >= 0.3 is 0 Å². The van der Waals surface area contributed by atoms with Crippen LogP contribution in [-0.2, 0) is 4.74 Å². The summed E-state index contributed by atoms with van der Waals surface area (Å²) < 4.78 is 5.61. The van der Waals surface area contributed by atoms with Crippen molar-refractivity contribution < 1.29 is 9.84 Å². The molecule has 2 atom stereocenters. The summed E-state index contributed by atoms with van der Waals surface area (Å²) in [5, 5.41) is 9.17. The molecule has 0 aromatic carbocycles. The van der Waals surface area contributed by atoms with Crippen molar-refractivity contribution >= 4 is 0 Å². The number of ether oxygens (including phenoxy) is 1. The third-order valence-electron chi connectivity index (χ3n) is 2.37. The van der Waals surface area contributed by atoms with Crippen molar-refractivity contribution in [3.05, 3.63) is 0 Å². The highest BCUT2D eigenvalue weighted by atomic mass is 16.5. The molecule has 0 aromatic rings. The second kappa shape index (κ2) is 5.58. The van der Waals surface area contributed by atoms with Crippen LogP contribution in [0.1, 0.15) is 26.2 Å². The van der Waals surface area contributed by atoms with Crippen molar-refractivity contribution in [1.82, 2.24) is 4.90 Å². The van der Waals surface area contributed by atoms with Crippen molar-refractivity contribution in [3.63, 3.8) is 0 Å². The molecule has 0 spiro atoms. The zero-order valence-corrected chi connectivity index (χ0v) is 8.70. The molecule has 1 rings (SSSR count). The van der Waals surface area contributed by atoms with Gasteiger partial charge in [0, 0.05) is 19.7 Å². The summed E-state index contributed by atoms with van der Waals surface area (Å²) in [6.07, 6.45) is 3.81. The van der Waals surface area contributed by atoms with E-state index in [1.165, 1.54) is 19.3 Å². The number of hydrogen-bond donors (Lipinski definition) is 1. The van der Waals surface area contributed by atoms with Gasteiger partial charge in [0.1, 0.15) is 0 Å². The average Bonchev–Trinajstić information content (AvgIpc) is 2.04. The number of nitrogens with zero attached hydrogens (tertiary/aromatic N) is 1. The second-order valence-electron chi connectivity index (χ2n) is 4.06. The van der Waals surface area contributed by atoms with Gasteiger partial charge in [-0.3, -0.25) is 0 Å². The standard InChI is InChI=1S/C10H21NO2/c1-9(12)7-11(2)8-10-5-3-4-6-13-10/h9-10,12H,3-8H2,1-2H3/t9-,10?/m1/s1. The first-order chi connectivity index (χ1) is 6.18. The van der Waals surface area contributed by atoms with Crippen molar-refractivity contribution in [2.24, 2.45) is 0 Å². The van der Waals surface area contributed by atoms with E-state index in [-0.39, 0.29) is 6.10 Å². The Kier molecular flexibility index (Phi) is 4.70. The van der Waals surface area contributed by atoms with E-state index in [2.05, 4.69) is 4.90 Å². The van der Waals surface area contributed by atoms with Crippen LogP contribution >= 0.6 is 0 Å². The predicted molar refractivity (Wildman–Crippen MR) is 52.8 cm³/mol. The second-order valence-corrected chi connectivity index (χ2v) is 4.06. The average molecular weight is 187 g/mol. The summed E-state index contributed by atoms with van der Waals surface area (Å²) in [4.78, 5) is 2.14. The maximum absolute atomic E-state index is 9.17. The van der Waals surface area contributed by atoms with Gasteiger partial charge in [0.25, 0.3) is 0 Å². The first-order valence-corrected chi connectivity index (χ1v) is 5.16. The van der Waals surface area contributed by atoms with Gasteiger partial charge in [0.15, 0.2) is 0 Å². The molecular weight excluding hydrogens is 166 g/mol. The number of hydrogen-bond acceptors (Lipinski definition) is 3. The molecule has 1 fully saturated rings. The molecule has 0 bridgehead atoms. The normalized spacial score (nSPS) is 26.3. The smallest absolute Gasteiger partial charge is 0.0701 e. The summed E-state index contributed by atoms with van der Waals surface area (Å²) in [7, 11) is 2.03. The summed E-state index contributed by atoms with van der Waals surface area (Å²) in [5.41, 5.74) is 0. The van der Waals surface area contributed by atoms with Crippen molar-refractivity contribution in [1.29, 1.82) is 0 Å². The molecule has 0 aliphatic carbocycles. The SMILES string of the molecule is C[C@@H](O)CN(C)CC1CCCCO1. The third-order valence-corrected chi connectivity index (χ3v) is 2.37. The maximum Gasteiger partial charge on any atom is 0.0701 e. The van der Waals surface area contributed by atoms with Gasteiger partial charge in [-0.05, 0) is 33.2 Å². The summed E-state index contributed by atoms with van der Waals surface area (Å²) >= 11 is 0. The van der Waals surface area contributed by atoms with Gasteiger partial charge in [-0.1, -0.05) is 0 Å². The van der Waals surface area contributed by atoms with Gasteiger partial charge in [0.05, 0.1) is 12.2 Å². The highest BCUT2D eigenvalue weighted by molar-refractivity contribution is 4.68. The van der Waals surface area contributed by atoms with E-state index in [1.54, 1.807) is 0 Å². The minimum atomic E-state index is -0.242. The Morgan fingerprint density at radius 2 is 2.31 bits per heavy atom. The quantitative estimate of drug-likeness (QED) is 0.709. The number of aliphatic hydroxyl groups excluding tert-OH is 1. The minimum Gasteiger partial charge on any atom is -0.392 e. The van der Waals surface area contributed by atoms with Crippen LogP contribution in [0.2, 0.25) is 0 Å². The van der Waals surface area contributed by atoms with Crippen LogP contribution in [0.15, 0.2) is 0 Å². The lowest BCUT2D eigenvalue weighted by atomic mass is 10.1. The Labute approximate surface area is 80.7 Å². The number of aliphatic hydroxyl groups is 1. The third kappa shape index (κ3) is 4.60. The molecule has 1 unspecified atom stereocenters. The molecular formula is C10H21NO2. The Hall–Kier alpha value is -0.120. The topological polar surface area (TPSA) is 32.7 Å². The molecule has 1 saturated heterocycles. The highest BCUT2D eigenvalue weighted by Gasteiger charge is 2.16. The molecule has 0 radical (unpaired) electrons. The van der Waals surface area contributed by atoms with Crippen molar-refractivity contribution in [2.45, 2.75) is 38.4 Å². The van der Waals surface area contributed by atoms with Crippen LogP contribution in [0.25, 0.3) is 0 Å². The Balaban J connectivity index is 2.14. The Bertz CT molecular complexity index is 133. The van der Waals surface area contributed by atoms with Crippen molar-refractivity contribution in [2.75, 3.05) is 26.7 Å². The van der Waals surface area contributed by atoms with Gasteiger partial charge in [-0.15, -0.1) is 0 Å². The molecule has 13 heavy (non-hydrogen) atoms. The Morgan fingerprint density at radius 1 is 1.54 bits per heavy atom. The van der Waals surface area contributed by atoms with Crippen LogP contribution in [0.5, 0.6) is 0 Å². The van der Waals surface area contributed by atoms with Gasteiger partial charge in [-0.25, -0.2) is 0 Å². The first kappa shape index (κ1) is 11.0. The molecule has 3 nitrogen and oxygen atoms in total. The zero-order chi connectivity index (χ0) is 9.68. The van der Waals surface area contributed by atoms with Gasteiger partial charge < -0.3 is 14.7 Å². The fourth-order valence-electron chi connectivity index (χ4n) is 1.82. The largest absolute Gasteiger partial charge is 0.392 e. The molecule has 78 valence electrons. The molecule has 3 heteroatoms. The van der Waals surface area contributed by atoms with Crippen molar-refractivity contribution in [3.8, 4) is 0 Å². The van der Waals surface area contributed by atoms with E-state index in [9.17, 15) is 0 Å². The summed E-state index contributed by atoms with van der Waals surface area (Å²) in [5.74, 6) is 0. The molecule has 1 heterocycles. The van der Waals surface area contributed by atoms with Gasteiger partial charge in [0.2, 0.25) is 0 Å². The van der Waals surface area contributed by atoms with E-state index in [1.807, 2.05) is 14.0 Å². The molecule has 1 aliphatic rings. The molecule has 1 N–H and O–H groups in total. The van der Waals surface area contributed by atoms with Crippen LogP contribution < -0.4 is 0 Å². The van der Waals surface area contributed by atoms with E-state index in [0.717, 1.165) is 19.7 Å². The summed E-state index contributed by atoms with van der Waals surface area (Å²) in [6.45, 7) is 4.41. The lowest BCUT2D eigenvalue weighted by Crippen LogP contribution is -2.36. The lowest BCUT2D eigenvalue weighted by molar-refractivity contribution is -0.00677. The molecule has 1 aliphatic heterocycles. The summed E-state index contributed by atoms with van der Waals surface area (Å²) in [6, 6.07) is 0. The van der Waals surface area contributed by atoms with E-state index < -0.39 is 0 Å². The predicted octanol–water partition coefficient (Wildman–Crippen LogP) is 0.868. The monoisotopic (exact) mass is 187 g/mol. The highest BCUT2D eigenvalue weighted by Crippen LogP contribution is 2.13. The number of rotatable bonds is 4. The zero-order valence-electron chi connectivity index (χ0n) is 8.70. The van der Waals surface area contributed by atoms with Crippen LogP contribution in [0.3, 0.4) is 0 Å². The minimum absolute atomic E-state index is 0.242. The fourth-order valence-corrected chi connectivity index (χ4v) is 1.82. The number of likely N-dealkylation sites (N-methyl/N-ethyl adjacent to an activating group) is 1. The van der Waals surface area contributed by atoms with Crippen LogP contribution in [-0.4, -0.2) is 49.0 Å². The fraction of sp³-hybridized carbons (Fsp3) is 1.00. The lowest BCUT2D eigenvalue weighted by Gasteiger charge is -2.27. The maximum atomic E-state index is 9.17. The Morgan fingerprint density at radius 3 is 2.85 bits per heavy atom. The molecule has 0 aromatic heterocycles. The van der Waals surface area contributed by atoms with E-state index in [0.29, 0.717) is 6.10 Å². The van der Waals surface area contributed by atoms with E-state index in [4.69, 9.17) is 9.84 Å². The van der Waals surface area contributed by atoms with E-state index >= 15 is 0 Å². The molecule has 0 saturated carbocycles. The van der Waals surface area contributed by atoms with Crippen LogP contribution in [0, 0.1) is 0 Å². The van der Waals surface area contributed by atoms with Crippen LogP contribution in [0.4, 0.5) is 0 Å². The first-order valence-electron chi connectivity index (χ1n) is 5.16. The van der Waals surface area contributed by atoms with Gasteiger partial charge in [-0.2, -0.15) is 0 Å².